The van der Waals surface area contributed by atoms with E-state index in [0.29, 0.717) is 0 Å². The van der Waals surface area contributed by atoms with Crippen molar-refractivity contribution in [1.82, 2.24) is 25.4 Å². The summed E-state index contributed by atoms with van der Waals surface area (Å²) in [5.41, 5.74) is -1.74. The van der Waals surface area contributed by atoms with Gasteiger partial charge in [0, 0.05) is 13.1 Å². The van der Waals surface area contributed by atoms with Crippen LogP contribution < -0.4 is 16.4 Å². The van der Waals surface area contributed by atoms with Gasteiger partial charge in [-0.1, -0.05) is 5.16 Å². The topological polar surface area (TPSA) is 137 Å². The molecule has 0 aliphatic heterocycles. The molecule has 3 aromatic rings. The highest BCUT2D eigenvalue weighted by molar-refractivity contribution is 5.68. The molecule has 0 unspecified atom stereocenters. The molecule has 2 N–H and O–H groups in total. The molecule has 2 heterocycles. The number of anilines is 1. The summed E-state index contributed by atoms with van der Waals surface area (Å²) in [6.07, 6.45) is -3.72. The van der Waals surface area contributed by atoms with Gasteiger partial charge in [0.25, 0.3) is 6.43 Å². The lowest BCUT2D eigenvalue weighted by atomic mass is 10.2. The lowest BCUT2D eigenvalue weighted by Gasteiger charge is -2.19. The Morgan fingerprint density at radius 3 is 2.66 bits per heavy atom. The van der Waals surface area contributed by atoms with Gasteiger partial charge in [0.1, 0.15) is 11.4 Å². The fourth-order valence-electron chi connectivity index (χ4n) is 2.58. The normalized spacial score (nSPS) is 11.6. The third kappa shape index (κ3) is 5.25. The standard InChI is InChI=1S/C18H19F3N6O5/c1-18(2,3)30-16(28)23-7-6-22-14-12(24-32-25-14)15-26-31-17(29)27(15)9-4-5-11(19)10(8-9)13(20)21/h4-5,8,13H,6-7H2,1-3H3,(H,22,25)(H,23,28). The van der Waals surface area contributed by atoms with Crippen molar-refractivity contribution in [1.29, 1.82) is 0 Å². The number of ether oxygens (including phenoxy) is 1. The molecule has 172 valence electrons. The summed E-state index contributed by atoms with van der Waals surface area (Å²) in [5, 5.41) is 16.3. The Labute approximate surface area is 178 Å². The molecule has 14 heteroatoms. The number of rotatable bonds is 7. The lowest BCUT2D eigenvalue weighted by molar-refractivity contribution is 0.0530. The van der Waals surface area contributed by atoms with Gasteiger partial charge < -0.3 is 15.4 Å². The zero-order chi connectivity index (χ0) is 23.5. The zero-order valence-electron chi connectivity index (χ0n) is 17.2. The van der Waals surface area contributed by atoms with Crippen LogP contribution >= 0.6 is 0 Å². The van der Waals surface area contributed by atoms with Crippen molar-refractivity contribution in [2.45, 2.75) is 32.8 Å². The predicted molar refractivity (Wildman–Crippen MR) is 103 cm³/mol. The van der Waals surface area contributed by atoms with Gasteiger partial charge in [0.2, 0.25) is 11.6 Å². The molecule has 0 aliphatic carbocycles. The minimum atomic E-state index is -3.10. The first kappa shape index (κ1) is 22.8. The third-order valence-corrected chi connectivity index (χ3v) is 3.86. The van der Waals surface area contributed by atoms with Gasteiger partial charge >= 0.3 is 11.8 Å². The molecule has 0 aliphatic rings. The summed E-state index contributed by atoms with van der Waals surface area (Å²) in [7, 11) is 0. The van der Waals surface area contributed by atoms with Crippen molar-refractivity contribution >= 4 is 11.9 Å². The van der Waals surface area contributed by atoms with Crippen molar-refractivity contribution in [3.8, 4) is 17.2 Å². The molecule has 0 spiro atoms. The Hall–Kier alpha value is -3.84. The van der Waals surface area contributed by atoms with Crippen LogP contribution in [0.3, 0.4) is 0 Å². The molecule has 1 aromatic carbocycles. The van der Waals surface area contributed by atoms with Crippen molar-refractivity contribution in [3.05, 3.63) is 40.1 Å². The monoisotopic (exact) mass is 456 g/mol. The largest absolute Gasteiger partial charge is 0.446 e. The lowest BCUT2D eigenvalue weighted by Crippen LogP contribution is -2.35. The average Bonchev–Trinajstić information content (AvgIpc) is 3.30. The highest BCUT2D eigenvalue weighted by Gasteiger charge is 2.24. The molecule has 2 aromatic heterocycles. The summed E-state index contributed by atoms with van der Waals surface area (Å²) in [4.78, 5) is 23.8. The Morgan fingerprint density at radius 1 is 1.22 bits per heavy atom. The zero-order valence-corrected chi connectivity index (χ0v) is 17.2. The van der Waals surface area contributed by atoms with E-state index in [1.54, 1.807) is 20.8 Å². The molecule has 0 bridgehead atoms. The number of carbonyl (C=O) groups is 1. The predicted octanol–water partition coefficient (Wildman–Crippen LogP) is 2.89. The number of halogens is 3. The summed E-state index contributed by atoms with van der Waals surface area (Å²) in [6.45, 7) is 5.47. The number of benzene rings is 1. The van der Waals surface area contributed by atoms with Crippen LogP contribution in [0.2, 0.25) is 0 Å². The molecular weight excluding hydrogens is 437 g/mol. The molecule has 32 heavy (non-hydrogen) atoms. The summed E-state index contributed by atoms with van der Waals surface area (Å²) >= 11 is 0. The second-order valence-corrected chi connectivity index (χ2v) is 7.43. The minimum Gasteiger partial charge on any atom is -0.444 e. The maximum absolute atomic E-state index is 13.6. The van der Waals surface area contributed by atoms with Crippen molar-refractivity contribution in [3.63, 3.8) is 0 Å². The summed E-state index contributed by atoms with van der Waals surface area (Å²) in [5.74, 6) is -2.33. The molecule has 3 rings (SSSR count). The first-order chi connectivity index (χ1) is 15.1. The Kier molecular flexibility index (Phi) is 6.50. The first-order valence-electron chi connectivity index (χ1n) is 9.27. The van der Waals surface area contributed by atoms with E-state index in [1.165, 1.54) is 0 Å². The van der Waals surface area contributed by atoms with Crippen molar-refractivity contribution < 1.29 is 31.9 Å². The molecule has 0 atom stereocenters. The van der Waals surface area contributed by atoms with Crippen molar-refractivity contribution in [2.75, 3.05) is 18.4 Å². The van der Waals surface area contributed by atoms with E-state index in [9.17, 15) is 22.8 Å². The second-order valence-electron chi connectivity index (χ2n) is 7.43. The van der Waals surface area contributed by atoms with Crippen LogP contribution in [-0.4, -0.2) is 44.8 Å². The highest BCUT2D eigenvalue weighted by atomic mass is 19.3. The summed E-state index contributed by atoms with van der Waals surface area (Å²) in [6, 6.07) is 2.70. The number of amides is 1. The van der Waals surface area contributed by atoms with Gasteiger partial charge in [-0.25, -0.2) is 32.0 Å². The third-order valence-electron chi connectivity index (χ3n) is 3.86. The number of hydrogen-bond acceptors (Lipinski definition) is 9. The molecule has 0 saturated heterocycles. The minimum absolute atomic E-state index is 0.0363. The van der Waals surface area contributed by atoms with Gasteiger partial charge in [0.15, 0.2) is 5.69 Å². The van der Waals surface area contributed by atoms with E-state index in [-0.39, 0.29) is 36.1 Å². The summed E-state index contributed by atoms with van der Waals surface area (Å²) < 4.78 is 55.0. The smallest absolute Gasteiger partial charge is 0.444 e. The molecule has 0 saturated carbocycles. The van der Waals surface area contributed by atoms with E-state index < -0.39 is 35.3 Å². The molecule has 11 nitrogen and oxygen atoms in total. The number of nitrogens with one attached hydrogen (secondary N) is 2. The van der Waals surface area contributed by atoms with Crippen LogP contribution in [0.5, 0.6) is 0 Å². The number of alkyl halides is 2. The van der Waals surface area contributed by atoms with Crippen molar-refractivity contribution in [2.24, 2.45) is 0 Å². The van der Waals surface area contributed by atoms with E-state index in [2.05, 4.69) is 35.3 Å². The fourth-order valence-corrected chi connectivity index (χ4v) is 2.58. The number of nitrogens with zero attached hydrogens (tertiary/aromatic N) is 4. The fraction of sp³-hybridized carbons (Fsp3) is 0.389. The Morgan fingerprint density at radius 2 is 1.97 bits per heavy atom. The van der Waals surface area contributed by atoms with E-state index in [4.69, 9.17) is 4.74 Å². The van der Waals surface area contributed by atoms with Crippen LogP contribution in [0.1, 0.15) is 32.8 Å². The van der Waals surface area contributed by atoms with Gasteiger partial charge in [-0.05, 0) is 49.3 Å². The quantitative estimate of drug-likeness (QED) is 0.514. The van der Waals surface area contributed by atoms with Gasteiger partial charge in [0.05, 0.1) is 11.3 Å². The van der Waals surface area contributed by atoms with Crippen LogP contribution in [0.25, 0.3) is 17.2 Å². The number of aromatic nitrogens is 4. The van der Waals surface area contributed by atoms with Gasteiger partial charge in [-0.3, -0.25) is 4.52 Å². The molecule has 0 fully saturated rings. The maximum atomic E-state index is 13.6. The molecular formula is C18H19F3N6O5. The van der Waals surface area contributed by atoms with E-state index in [1.807, 2.05) is 0 Å². The SMILES string of the molecule is CC(C)(C)OC(=O)NCCNc1nonc1-c1noc(=O)n1-c1ccc(F)c(C(F)F)c1. The van der Waals surface area contributed by atoms with E-state index >= 15 is 0 Å². The first-order valence-corrected chi connectivity index (χ1v) is 9.27. The number of alkyl carbamates (subject to hydrolysis) is 1. The molecule has 1 amide bonds. The van der Waals surface area contributed by atoms with Crippen LogP contribution in [-0.2, 0) is 4.74 Å². The van der Waals surface area contributed by atoms with Crippen LogP contribution in [0.15, 0.2) is 32.1 Å². The second kappa shape index (κ2) is 9.11. The Bertz CT molecular complexity index is 1150. The highest BCUT2D eigenvalue weighted by Crippen LogP contribution is 2.27. The Balaban J connectivity index is 1.78. The average molecular weight is 456 g/mol. The maximum Gasteiger partial charge on any atom is 0.446 e. The molecule has 0 radical (unpaired) electrons. The van der Waals surface area contributed by atoms with Gasteiger partial charge in [-0.2, -0.15) is 0 Å². The van der Waals surface area contributed by atoms with E-state index in [0.717, 1.165) is 22.8 Å². The van der Waals surface area contributed by atoms with Crippen LogP contribution in [0, 0.1) is 5.82 Å². The number of carbonyl (C=O) groups excluding carboxylic acids is 1. The van der Waals surface area contributed by atoms with Gasteiger partial charge in [-0.15, -0.1) is 0 Å². The number of hydrogen-bond donors (Lipinski definition) is 2. The van der Waals surface area contributed by atoms with Crippen LogP contribution in [0.4, 0.5) is 23.8 Å².